The molecular weight excluding hydrogens is 328 g/mol. The first-order valence-electron chi connectivity index (χ1n) is 6.08. The van der Waals surface area contributed by atoms with Gasteiger partial charge in [0.15, 0.2) is 17.5 Å². The molecule has 2 aromatic carbocycles. The smallest absolute Gasteiger partial charge is 0.507 e. The van der Waals surface area contributed by atoms with E-state index in [1.165, 1.54) is 0 Å². The molecule has 2 rings (SSSR count). The van der Waals surface area contributed by atoms with E-state index in [-0.39, 0.29) is 5.56 Å². The molecule has 0 saturated heterocycles. The summed E-state index contributed by atoms with van der Waals surface area (Å²) >= 11 is 0. The van der Waals surface area contributed by atoms with Crippen LogP contribution < -0.4 is 10.5 Å². The second-order valence-electron chi connectivity index (χ2n) is 4.51. The zero-order valence-corrected chi connectivity index (χ0v) is 11.2. The molecule has 0 aliphatic rings. The maximum atomic E-state index is 13.7. The van der Waals surface area contributed by atoms with Crippen molar-refractivity contribution in [3.05, 3.63) is 58.9 Å². The van der Waals surface area contributed by atoms with Gasteiger partial charge in [-0.25, -0.2) is 13.2 Å². The molecule has 0 spiro atoms. The van der Waals surface area contributed by atoms with Gasteiger partial charge in [0.05, 0.1) is 11.6 Å². The Bertz CT molecular complexity index is 715. The Morgan fingerprint density at radius 3 is 2.09 bits per heavy atom. The van der Waals surface area contributed by atoms with Crippen molar-refractivity contribution >= 4 is 0 Å². The van der Waals surface area contributed by atoms with Crippen molar-refractivity contribution in [1.29, 1.82) is 0 Å². The Kier molecular flexibility index (Phi) is 4.42. The van der Waals surface area contributed by atoms with E-state index >= 15 is 0 Å². The molecule has 23 heavy (non-hydrogen) atoms. The molecule has 0 heterocycles. The fourth-order valence-corrected chi connectivity index (χ4v) is 1.94. The van der Waals surface area contributed by atoms with E-state index in [1.807, 2.05) is 0 Å². The molecule has 0 aliphatic heterocycles. The van der Waals surface area contributed by atoms with E-state index in [4.69, 9.17) is 5.73 Å². The van der Waals surface area contributed by atoms with E-state index < -0.39 is 46.9 Å². The highest BCUT2D eigenvalue weighted by molar-refractivity contribution is 5.43. The number of alkyl halides is 3. The topological polar surface area (TPSA) is 55.5 Å². The van der Waals surface area contributed by atoms with Gasteiger partial charge in [0, 0.05) is 6.07 Å². The summed E-state index contributed by atoms with van der Waals surface area (Å²) in [6.07, 6.45) is -4.88. The maximum Gasteiger partial charge on any atom is 0.573 e. The van der Waals surface area contributed by atoms with Crippen molar-refractivity contribution in [2.75, 3.05) is 0 Å². The average Bonchev–Trinajstić information content (AvgIpc) is 2.44. The molecular formula is C14H9F6NO2. The van der Waals surface area contributed by atoms with E-state index in [1.54, 1.807) is 0 Å². The number of ether oxygens (including phenoxy) is 1. The molecule has 1 atom stereocenters. The summed E-state index contributed by atoms with van der Waals surface area (Å²) in [5.74, 6) is -6.53. The molecule has 0 aromatic heterocycles. The first-order chi connectivity index (χ1) is 10.6. The predicted octanol–water partition coefficient (Wildman–Crippen LogP) is 3.76. The van der Waals surface area contributed by atoms with Crippen LogP contribution in [0.2, 0.25) is 0 Å². The number of halogens is 6. The van der Waals surface area contributed by atoms with Crippen molar-refractivity contribution in [2.24, 2.45) is 5.73 Å². The number of rotatable bonds is 3. The minimum Gasteiger partial charge on any atom is -0.507 e. The fraction of sp³-hybridized carbons (Fsp3) is 0.143. The van der Waals surface area contributed by atoms with Gasteiger partial charge in [-0.05, 0) is 17.7 Å². The van der Waals surface area contributed by atoms with Crippen LogP contribution in [-0.4, -0.2) is 11.5 Å². The molecule has 3 nitrogen and oxygen atoms in total. The lowest BCUT2D eigenvalue weighted by molar-refractivity contribution is -0.274. The standard InChI is InChI=1S/C14H9F6NO2/c15-8-5-9(22)10(12(17)11(8)16)13(21)6-1-3-7(4-2-6)23-14(18,19)20/h1-5,13,22H,21H2/t13-/m0/s1. The molecule has 0 bridgehead atoms. The van der Waals surface area contributed by atoms with Crippen LogP contribution in [0.1, 0.15) is 17.2 Å². The van der Waals surface area contributed by atoms with Crippen LogP contribution in [0.5, 0.6) is 11.5 Å². The maximum absolute atomic E-state index is 13.7. The zero-order valence-electron chi connectivity index (χ0n) is 11.2. The molecule has 0 aliphatic carbocycles. The van der Waals surface area contributed by atoms with Gasteiger partial charge in [-0.15, -0.1) is 13.2 Å². The molecule has 0 amide bonds. The Hall–Kier alpha value is -2.42. The number of phenols is 1. The SMILES string of the molecule is N[C@@H](c1ccc(OC(F)(F)F)cc1)c1c(O)cc(F)c(F)c1F. The highest BCUT2D eigenvalue weighted by Gasteiger charge is 2.31. The van der Waals surface area contributed by atoms with Gasteiger partial charge in [0.25, 0.3) is 0 Å². The molecule has 3 N–H and O–H groups in total. The molecule has 124 valence electrons. The van der Waals surface area contributed by atoms with Gasteiger partial charge < -0.3 is 15.6 Å². The lowest BCUT2D eigenvalue weighted by Gasteiger charge is -2.16. The minimum atomic E-state index is -4.88. The fourth-order valence-electron chi connectivity index (χ4n) is 1.94. The summed E-state index contributed by atoms with van der Waals surface area (Å²) in [7, 11) is 0. The van der Waals surface area contributed by atoms with E-state index in [9.17, 15) is 31.4 Å². The monoisotopic (exact) mass is 337 g/mol. The van der Waals surface area contributed by atoms with Crippen molar-refractivity contribution < 1.29 is 36.2 Å². The number of phenolic OH excluding ortho intramolecular Hbond substituents is 1. The van der Waals surface area contributed by atoms with Gasteiger partial charge >= 0.3 is 6.36 Å². The molecule has 0 radical (unpaired) electrons. The lowest BCUT2D eigenvalue weighted by Crippen LogP contribution is -2.18. The van der Waals surface area contributed by atoms with Gasteiger partial charge in [-0.2, -0.15) is 0 Å². The van der Waals surface area contributed by atoms with Crippen molar-refractivity contribution in [3.63, 3.8) is 0 Å². The van der Waals surface area contributed by atoms with Crippen molar-refractivity contribution in [1.82, 2.24) is 0 Å². The second kappa shape index (κ2) is 5.99. The van der Waals surface area contributed by atoms with Crippen LogP contribution in [0.3, 0.4) is 0 Å². The highest BCUT2D eigenvalue weighted by atomic mass is 19.4. The Morgan fingerprint density at radius 2 is 1.57 bits per heavy atom. The number of hydrogen-bond acceptors (Lipinski definition) is 3. The van der Waals surface area contributed by atoms with Gasteiger partial charge in [0.1, 0.15) is 11.5 Å². The molecule has 9 heteroatoms. The van der Waals surface area contributed by atoms with Crippen LogP contribution in [-0.2, 0) is 0 Å². The zero-order chi connectivity index (χ0) is 17.4. The van der Waals surface area contributed by atoms with Crippen LogP contribution >= 0.6 is 0 Å². The normalized spacial score (nSPS) is 13.0. The molecule has 0 fully saturated rings. The molecule has 0 unspecified atom stereocenters. The van der Waals surface area contributed by atoms with Crippen molar-refractivity contribution in [3.8, 4) is 11.5 Å². The van der Waals surface area contributed by atoms with Gasteiger partial charge in [-0.3, -0.25) is 0 Å². The van der Waals surface area contributed by atoms with E-state index in [0.717, 1.165) is 24.3 Å². The van der Waals surface area contributed by atoms with E-state index in [2.05, 4.69) is 4.74 Å². The Labute approximate surface area is 125 Å². The average molecular weight is 337 g/mol. The van der Waals surface area contributed by atoms with Gasteiger partial charge in [0.2, 0.25) is 0 Å². The summed E-state index contributed by atoms with van der Waals surface area (Å²) in [5.41, 5.74) is 5.00. The van der Waals surface area contributed by atoms with Gasteiger partial charge in [-0.1, -0.05) is 12.1 Å². The number of hydrogen-bond donors (Lipinski definition) is 2. The Balaban J connectivity index is 2.35. The largest absolute Gasteiger partial charge is 0.573 e. The second-order valence-corrected chi connectivity index (χ2v) is 4.51. The van der Waals surface area contributed by atoms with Crippen LogP contribution in [0.25, 0.3) is 0 Å². The third-order valence-electron chi connectivity index (χ3n) is 2.96. The van der Waals surface area contributed by atoms with Crippen LogP contribution in [0.15, 0.2) is 30.3 Å². The summed E-state index contributed by atoms with van der Waals surface area (Å²) in [5, 5.41) is 9.54. The predicted molar refractivity (Wildman–Crippen MR) is 67.1 cm³/mol. The van der Waals surface area contributed by atoms with E-state index in [0.29, 0.717) is 6.07 Å². The number of nitrogens with two attached hydrogens (primary N) is 1. The minimum absolute atomic E-state index is 0.0553. The summed E-state index contributed by atoms with van der Waals surface area (Å²) in [6.45, 7) is 0. The Morgan fingerprint density at radius 1 is 1.00 bits per heavy atom. The number of benzene rings is 2. The molecule has 2 aromatic rings. The third kappa shape index (κ3) is 3.67. The molecule has 0 saturated carbocycles. The first kappa shape index (κ1) is 16.9. The quantitative estimate of drug-likeness (QED) is 0.662. The van der Waals surface area contributed by atoms with Crippen LogP contribution in [0, 0.1) is 17.5 Å². The first-order valence-corrected chi connectivity index (χ1v) is 6.08. The third-order valence-corrected chi connectivity index (χ3v) is 2.96. The summed E-state index contributed by atoms with van der Waals surface area (Å²) < 4.78 is 79.7. The van der Waals surface area contributed by atoms with Crippen LogP contribution in [0.4, 0.5) is 26.3 Å². The highest BCUT2D eigenvalue weighted by Crippen LogP contribution is 2.33. The number of aromatic hydroxyl groups is 1. The lowest BCUT2D eigenvalue weighted by atomic mass is 9.97. The van der Waals surface area contributed by atoms with Crippen molar-refractivity contribution in [2.45, 2.75) is 12.4 Å². The summed E-state index contributed by atoms with van der Waals surface area (Å²) in [4.78, 5) is 0. The summed E-state index contributed by atoms with van der Waals surface area (Å²) in [6, 6.07) is 2.91.